The molecule has 4 rings (SSSR count). The van der Waals surface area contributed by atoms with E-state index < -0.39 is 0 Å². The summed E-state index contributed by atoms with van der Waals surface area (Å²) in [6, 6.07) is 19.1. The summed E-state index contributed by atoms with van der Waals surface area (Å²) in [5, 5.41) is 9.96. The highest BCUT2D eigenvalue weighted by Crippen LogP contribution is 2.22. The fourth-order valence-electron chi connectivity index (χ4n) is 3.62. The minimum atomic E-state index is -0.302. The minimum Gasteiger partial charge on any atom is -0.379 e. The van der Waals surface area contributed by atoms with E-state index in [1.807, 2.05) is 48.5 Å². The van der Waals surface area contributed by atoms with E-state index in [2.05, 4.69) is 20.6 Å². The Bertz CT molecular complexity index is 1040. The van der Waals surface area contributed by atoms with Gasteiger partial charge >= 0.3 is 0 Å². The molecule has 1 aliphatic rings. The number of benzene rings is 2. The van der Waals surface area contributed by atoms with Crippen LogP contribution in [-0.4, -0.2) is 72.4 Å². The molecule has 1 saturated heterocycles. The molecule has 8 nitrogen and oxygen atoms in total. The molecule has 1 fully saturated rings. The Kier molecular flexibility index (Phi) is 7.27. The first-order valence-electron chi connectivity index (χ1n) is 10.8. The van der Waals surface area contributed by atoms with Gasteiger partial charge in [-0.1, -0.05) is 36.4 Å². The molecule has 2 aromatic carbocycles. The van der Waals surface area contributed by atoms with Crippen LogP contribution >= 0.6 is 0 Å². The Hall–Kier alpha value is -3.49. The lowest BCUT2D eigenvalue weighted by atomic mass is 10.1. The zero-order valence-electron chi connectivity index (χ0n) is 17.9. The van der Waals surface area contributed by atoms with Crippen molar-refractivity contribution < 1.29 is 14.3 Å². The van der Waals surface area contributed by atoms with Crippen molar-refractivity contribution in [3.05, 3.63) is 72.4 Å². The molecule has 0 radical (unpaired) electrons. The Morgan fingerprint density at radius 3 is 2.59 bits per heavy atom. The summed E-state index contributed by atoms with van der Waals surface area (Å²) in [5.41, 5.74) is 3.21. The fourth-order valence-corrected chi connectivity index (χ4v) is 3.62. The number of carbonyl (C=O) groups is 2. The highest BCUT2D eigenvalue weighted by molar-refractivity contribution is 5.96. The van der Waals surface area contributed by atoms with Gasteiger partial charge < -0.3 is 15.4 Å². The van der Waals surface area contributed by atoms with Gasteiger partial charge in [-0.2, -0.15) is 5.10 Å². The number of hydrogen-bond acceptors (Lipinski definition) is 5. The molecule has 0 aliphatic carbocycles. The number of morpholine rings is 1. The number of amides is 2. The van der Waals surface area contributed by atoms with Gasteiger partial charge in [0.15, 0.2) is 0 Å². The summed E-state index contributed by atoms with van der Waals surface area (Å²) in [7, 11) is 0. The van der Waals surface area contributed by atoms with Crippen LogP contribution in [-0.2, 0) is 9.53 Å². The van der Waals surface area contributed by atoms with Crippen molar-refractivity contribution in [3.8, 4) is 16.9 Å². The third-order valence-corrected chi connectivity index (χ3v) is 5.33. The van der Waals surface area contributed by atoms with Gasteiger partial charge in [0.25, 0.3) is 5.91 Å². The average molecular weight is 434 g/mol. The maximum atomic E-state index is 12.6. The van der Waals surface area contributed by atoms with Gasteiger partial charge in [-0.3, -0.25) is 14.5 Å². The van der Waals surface area contributed by atoms with Gasteiger partial charge in [0.2, 0.25) is 5.91 Å². The maximum Gasteiger partial charge on any atom is 0.251 e. The molecule has 3 aromatic rings. The molecular formula is C24H27N5O3. The number of aromatic nitrogens is 2. The minimum absolute atomic E-state index is 0.0663. The first-order valence-corrected chi connectivity index (χ1v) is 10.8. The molecule has 0 bridgehead atoms. The average Bonchev–Trinajstić information content (AvgIpc) is 3.34. The summed E-state index contributed by atoms with van der Waals surface area (Å²) in [5.74, 6) is -0.509. The van der Waals surface area contributed by atoms with E-state index in [0.717, 1.165) is 49.8 Å². The van der Waals surface area contributed by atoms with E-state index in [0.29, 0.717) is 12.1 Å². The third-order valence-electron chi connectivity index (χ3n) is 5.33. The smallest absolute Gasteiger partial charge is 0.251 e. The van der Waals surface area contributed by atoms with E-state index in [4.69, 9.17) is 4.74 Å². The van der Waals surface area contributed by atoms with Crippen molar-refractivity contribution in [1.29, 1.82) is 0 Å². The molecule has 32 heavy (non-hydrogen) atoms. The molecule has 0 saturated carbocycles. The van der Waals surface area contributed by atoms with Crippen LogP contribution < -0.4 is 10.6 Å². The van der Waals surface area contributed by atoms with E-state index >= 15 is 0 Å². The van der Waals surface area contributed by atoms with Crippen LogP contribution in [0.4, 0.5) is 0 Å². The number of ether oxygens (including phenoxy) is 1. The van der Waals surface area contributed by atoms with E-state index in [9.17, 15) is 9.59 Å². The molecular weight excluding hydrogens is 406 g/mol. The van der Waals surface area contributed by atoms with E-state index in [1.54, 1.807) is 23.0 Å². The lowest BCUT2D eigenvalue weighted by molar-refractivity contribution is -0.120. The van der Waals surface area contributed by atoms with Gasteiger partial charge in [-0.15, -0.1) is 0 Å². The van der Waals surface area contributed by atoms with Gasteiger partial charge in [-0.05, 0) is 24.3 Å². The number of hydrogen-bond donors (Lipinski definition) is 2. The molecule has 166 valence electrons. The number of nitrogens with one attached hydrogen (secondary N) is 2. The molecule has 0 atom stereocenters. The second-order valence-electron chi connectivity index (χ2n) is 7.53. The summed E-state index contributed by atoms with van der Waals surface area (Å²) >= 11 is 0. The van der Waals surface area contributed by atoms with E-state index in [-0.39, 0.29) is 18.4 Å². The van der Waals surface area contributed by atoms with Crippen molar-refractivity contribution >= 4 is 11.8 Å². The first kappa shape index (κ1) is 21.7. The zero-order valence-corrected chi connectivity index (χ0v) is 17.9. The van der Waals surface area contributed by atoms with Gasteiger partial charge in [-0.25, -0.2) is 4.68 Å². The van der Waals surface area contributed by atoms with Crippen LogP contribution in [0.3, 0.4) is 0 Å². The standard InChI is InChI=1S/C24H27N5O3/c30-23(25-11-12-28-13-15-32-16-14-28)18-26-24(31)20-7-4-8-21(17-20)29-22(9-10-27-29)19-5-2-1-3-6-19/h1-10,17H,11-16,18H2,(H,25,30)(H,26,31). The molecule has 2 N–H and O–H groups in total. The molecule has 2 amide bonds. The van der Waals surface area contributed by atoms with Crippen molar-refractivity contribution in [2.45, 2.75) is 0 Å². The Morgan fingerprint density at radius 2 is 1.78 bits per heavy atom. The SMILES string of the molecule is O=C(CNC(=O)c1cccc(-n2nccc2-c2ccccc2)c1)NCCN1CCOCC1. The molecule has 0 unspecified atom stereocenters. The summed E-state index contributed by atoms with van der Waals surface area (Å²) in [4.78, 5) is 26.9. The quantitative estimate of drug-likeness (QED) is 0.565. The van der Waals surface area contributed by atoms with Crippen molar-refractivity contribution in [3.63, 3.8) is 0 Å². The summed E-state index contributed by atoms with van der Waals surface area (Å²) < 4.78 is 7.11. The largest absolute Gasteiger partial charge is 0.379 e. The van der Waals surface area contributed by atoms with Crippen molar-refractivity contribution in [2.24, 2.45) is 0 Å². The Balaban J connectivity index is 1.32. The van der Waals surface area contributed by atoms with Crippen molar-refractivity contribution in [2.75, 3.05) is 45.9 Å². The monoisotopic (exact) mass is 433 g/mol. The van der Waals surface area contributed by atoms with Crippen molar-refractivity contribution in [1.82, 2.24) is 25.3 Å². The van der Waals surface area contributed by atoms with Gasteiger partial charge in [0.1, 0.15) is 0 Å². The van der Waals surface area contributed by atoms with Crippen LogP contribution in [0, 0.1) is 0 Å². The zero-order chi connectivity index (χ0) is 22.2. The number of carbonyl (C=O) groups excluding carboxylic acids is 2. The lowest BCUT2D eigenvalue weighted by Gasteiger charge is -2.26. The van der Waals surface area contributed by atoms with Crippen LogP contribution in [0.15, 0.2) is 66.9 Å². The Labute approximate surface area is 187 Å². The van der Waals surface area contributed by atoms with Crippen LogP contribution in [0.25, 0.3) is 16.9 Å². The highest BCUT2D eigenvalue weighted by atomic mass is 16.5. The topological polar surface area (TPSA) is 88.5 Å². The third kappa shape index (κ3) is 5.60. The van der Waals surface area contributed by atoms with Crippen LogP contribution in [0.5, 0.6) is 0 Å². The molecule has 1 aromatic heterocycles. The molecule has 8 heteroatoms. The van der Waals surface area contributed by atoms with Gasteiger partial charge in [0.05, 0.1) is 37.3 Å². The predicted molar refractivity (Wildman–Crippen MR) is 122 cm³/mol. The Morgan fingerprint density at radius 1 is 0.969 bits per heavy atom. The second kappa shape index (κ2) is 10.7. The van der Waals surface area contributed by atoms with Crippen LogP contribution in [0.1, 0.15) is 10.4 Å². The summed E-state index contributed by atoms with van der Waals surface area (Å²) in [6.07, 6.45) is 1.73. The number of rotatable bonds is 8. The first-order chi connectivity index (χ1) is 15.7. The maximum absolute atomic E-state index is 12.6. The second-order valence-corrected chi connectivity index (χ2v) is 7.53. The molecule has 0 spiro atoms. The van der Waals surface area contributed by atoms with Gasteiger partial charge in [0, 0.05) is 37.3 Å². The van der Waals surface area contributed by atoms with Crippen LogP contribution in [0.2, 0.25) is 0 Å². The lowest BCUT2D eigenvalue weighted by Crippen LogP contribution is -2.43. The summed E-state index contributed by atoms with van der Waals surface area (Å²) in [6.45, 7) is 4.48. The highest BCUT2D eigenvalue weighted by Gasteiger charge is 2.13. The van der Waals surface area contributed by atoms with E-state index in [1.165, 1.54) is 0 Å². The molecule has 1 aliphatic heterocycles. The number of nitrogens with zero attached hydrogens (tertiary/aromatic N) is 3. The molecule has 2 heterocycles. The normalized spacial score (nSPS) is 14.1. The fraction of sp³-hybridized carbons (Fsp3) is 0.292. The predicted octanol–water partition coefficient (Wildman–Crippen LogP) is 1.72.